The van der Waals surface area contributed by atoms with Gasteiger partial charge in [0, 0.05) is 31.8 Å². The third-order valence-corrected chi connectivity index (χ3v) is 3.50. The van der Waals surface area contributed by atoms with Gasteiger partial charge in [-0.1, -0.05) is 20.3 Å². The molecule has 3 atom stereocenters. The molecule has 0 aliphatic heterocycles. The third-order valence-electron chi connectivity index (χ3n) is 3.50. The van der Waals surface area contributed by atoms with Crippen molar-refractivity contribution in [2.24, 2.45) is 5.73 Å². The molecule has 0 spiro atoms. The van der Waals surface area contributed by atoms with Gasteiger partial charge >= 0.3 is 0 Å². The Morgan fingerprint density at radius 2 is 2.17 bits per heavy atom. The molecule has 1 aromatic rings. The van der Waals surface area contributed by atoms with Gasteiger partial charge in [-0.05, 0) is 25.8 Å². The minimum absolute atomic E-state index is 0.0234. The summed E-state index contributed by atoms with van der Waals surface area (Å²) in [6.45, 7) is 6.49. The maximum Gasteiger partial charge on any atom is 0.0725 e. The van der Waals surface area contributed by atoms with Crippen LogP contribution in [0.2, 0.25) is 0 Å². The average Bonchev–Trinajstić information content (AvgIpc) is 2.83. The summed E-state index contributed by atoms with van der Waals surface area (Å²) in [5, 5.41) is 4.58. The Morgan fingerprint density at radius 3 is 2.72 bits per heavy atom. The van der Waals surface area contributed by atoms with Crippen LogP contribution in [0.3, 0.4) is 0 Å². The highest BCUT2D eigenvalue weighted by molar-refractivity contribution is 5.03. The zero-order valence-electron chi connectivity index (χ0n) is 12.1. The molecule has 0 fully saturated rings. The number of hydrogen-bond donors (Lipinski definition) is 1. The van der Waals surface area contributed by atoms with Crippen LogP contribution in [0, 0.1) is 0 Å². The lowest BCUT2D eigenvalue weighted by Crippen LogP contribution is -2.38. The molecular weight excluding hydrogens is 226 g/mol. The molecule has 0 aliphatic rings. The van der Waals surface area contributed by atoms with Crippen LogP contribution in [0.1, 0.15) is 51.8 Å². The van der Waals surface area contributed by atoms with Gasteiger partial charge in [-0.3, -0.25) is 4.68 Å². The molecule has 0 aliphatic carbocycles. The van der Waals surface area contributed by atoms with E-state index in [1.165, 1.54) is 0 Å². The van der Waals surface area contributed by atoms with Gasteiger partial charge in [0.15, 0.2) is 0 Å². The lowest BCUT2D eigenvalue weighted by Gasteiger charge is -2.21. The zero-order valence-corrected chi connectivity index (χ0v) is 12.1. The van der Waals surface area contributed by atoms with Gasteiger partial charge in [-0.15, -0.1) is 0 Å². The van der Waals surface area contributed by atoms with Crippen molar-refractivity contribution in [2.45, 2.75) is 64.6 Å². The fourth-order valence-corrected chi connectivity index (χ4v) is 2.08. The number of nitrogens with zero attached hydrogens (tertiary/aromatic N) is 2. The predicted molar refractivity (Wildman–Crippen MR) is 74.6 cm³/mol. The molecule has 0 radical (unpaired) electrons. The number of ether oxygens (including phenoxy) is 1. The molecule has 0 saturated heterocycles. The van der Waals surface area contributed by atoms with Crippen LogP contribution in [0.25, 0.3) is 0 Å². The molecule has 0 bridgehead atoms. The second kappa shape index (κ2) is 7.54. The predicted octanol–water partition coefficient (Wildman–Crippen LogP) is 2.54. The van der Waals surface area contributed by atoms with E-state index >= 15 is 0 Å². The highest BCUT2D eigenvalue weighted by Gasteiger charge is 2.18. The first kappa shape index (κ1) is 15.2. The molecule has 3 unspecified atom stereocenters. The standard InChI is InChI=1S/C14H27N3O/c1-5-7-14(18-4)13(15)10-12-8-9-17(16-12)11(3)6-2/h8-9,11,13-14H,5-7,10,15H2,1-4H3. The van der Waals surface area contributed by atoms with Gasteiger partial charge < -0.3 is 10.5 Å². The van der Waals surface area contributed by atoms with Crippen LogP contribution in [0.5, 0.6) is 0 Å². The van der Waals surface area contributed by atoms with Crippen LogP contribution >= 0.6 is 0 Å². The van der Waals surface area contributed by atoms with E-state index in [1.54, 1.807) is 7.11 Å². The van der Waals surface area contributed by atoms with Crippen molar-refractivity contribution >= 4 is 0 Å². The molecular formula is C14H27N3O. The van der Waals surface area contributed by atoms with E-state index in [-0.39, 0.29) is 12.1 Å². The second-order valence-corrected chi connectivity index (χ2v) is 4.98. The Labute approximate surface area is 111 Å². The maximum atomic E-state index is 6.19. The van der Waals surface area contributed by atoms with Crippen LogP contribution in [0.15, 0.2) is 12.3 Å². The molecule has 18 heavy (non-hydrogen) atoms. The summed E-state index contributed by atoms with van der Waals surface area (Å²) in [5.74, 6) is 0. The van der Waals surface area contributed by atoms with E-state index < -0.39 is 0 Å². The topological polar surface area (TPSA) is 53.1 Å². The molecule has 1 heterocycles. The van der Waals surface area contributed by atoms with E-state index in [9.17, 15) is 0 Å². The minimum atomic E-state index is 0.0234. The Hall–Kier alpha value is -0.870. The summed E-state index contributed by atoms with van der Waals surface area (Å²) in [6, 6.07) is 2.53. The van der Waals surface area contributed by atoms with Crippen molar-refractivity contribution in [1.82, 2.24) is 9.78 Å². The highest BCUT2D eigenvalue weighted by Crippen LogP contribution is 2.12. The van der Waals surface area contributed by atoms with Crippen molar-refractivity contribution in [3.8, 4) is 0 Å². The van der Waals surface area contributed by atoms with E-state index in [2.05, 4.69) is 31.9 Å². The molecule has 0 amide bonds. The lowest BCUT2D eigenvalue weighted by atomic mass is 10.0. The van der Waals surface area contributed by atoms with Gasteiger partial charge in [0.25, 0.3) is 0 Å². The van der Waals surface area contributed by atoms with E-state index in [4.69, 9.17) is 10.5 Å². The first-order chi connectivity index (χ1) is 8.62. The maximum absolute atomic E-state index is 6.19. The molecule has 0 aromatic carbocycles. The van der Waals surface area contributed by atoms with Crippen molar-refractivity contribution in [3.63, 3.8) is 0 Å². The lowest BCUT2D eigenvalue weighted by molar-refractivity contribution is 0.0723. The Balaban J connectivity index is 2.58. The van der Waals surface area contributed by atoms with E-state index in [1.807, 2.05) is 10.9 Å². The Kier molecular flexibility index (Phi) is 6.36. The number of hydrogen-bond acceptors (Lipinski definition) is 3. The first-order valence-corrected chi connectivity index (χ1v) is 6.94. The van der Waals surface area contributed by atoms with Crippen molar-refractivity contribution in [1.29, 1.82) is 0 Å². The number of aromatic nitrogens is 2. The van der Waals surface area contributed by atoms with Crippen molar-refractivity contribution in [2.75, 3.05) is 7.11 Å². The summed E-state index contributed by atoms with van der Waals surface area (Å²) in [5.41, 5.74) is 7.25. The molecule has 1 aromatic heterocycles. The van der Waals surface area contributed by atoms with Crippen LogP contribution in [0.4, 0.5) is 0 Å². The highest BCUT2D eigenvalue weighted by atomic mass is 16.5. The summed E-state index contributed by atoms with van der Waals surface area (Å²) >= 11 is 0. The second-order valence-electron chi connectivity index (χ2n) is 4.98. The van der Waals surface area contributed by atoms with Crippen LogP contribution < -0.4 is 5.73 Å². The quantitative estimate of drug-likeness (QED) is 0.774. The van der Waals surface area contributed by atoms with Gasteiger partial charge in [0.1, 0.15) is 0 Å². The summed E-state index contributed by atoms with van der Waals surface area (Å²) in [7, 11) is 1.73. The molecule has 4 nitrogen and oxygen atoms in total. The number of methoxy groups -OCH3 is 1. The Morgan fingerprint density at radius 1 is 1.44 bits per heavy atom. The average molecular weight is 253 g/mol. The fourth-order valence-electron chi connectivity index (χ4n) is 2.08. The molecule has 4 heteroatoms. The largest absolute Gasteiger partial charge is 0.380 e. The summed E-state index contributed by atoms with van der Waals surface area (Å²) < 4.78 is 7.46. The molecule has 2 N–H and O–H groups in total. The number of rotatable bonds is 8. The third kappa shape index (κ3) is 4.10. The van der Waals surface area contributed by atoms with Crippen molar-refractivity contribution < 1.29 is 4.74 Å². The first-order valence-electron chi connectivity index (χ1n) is 6.94. The van der Waals surface area contributed by atoms with Crippen molar-refractivity contribution in [3.05, 3.63) is 18.0 Å². The van der Waals surface area contributed by atoms with Gasteiger partial charge in [-0.2, -0.15) is 5.10 Å². The van der Waals surface area contributed by atoms with Gasteiger partial charge in [0.2, 0.25) is 0 Å². The van der Waals surface area contributed by atoms with E-state index in [0.717, 1.165) is 31.4 Å². The zero-order chi connectivity index (χ0) is 13.5. The monoisotopic (exact) mass is 253 g/mol. The number of nitrogens with two attached hydrogens (primary N) is 1. The van der Waals surface area contributed by atoms with Crippen LogP contribution in [-0.2, 0) is 11.2 Å². The summed E-state index contributed by atoms with van der Waals surface area (Å²) in [6.07, 6.45) is 6.13. The van der Waals surface area contributed by atoms with Crippen LogP contribution in [-0.4, -0.2) is 29.0 Å². The van der Waals surface area contributed by atoms with Gasteiger partial charge in [0.05, 0.1) is 11.8 Å². The van der Waals surface area contributed by atoms with Gasteiger partial charge in [-0.25, -0.2) is 0 Å². The normalized spacial score (nSPS) is 16.5. The molecule has 1 rings (SSSR count). The SMILES string of the molecule is CCCC(OC)C(N)Cc1ccn(C(C)CC)n1. The fraction of sp³-hybridized carbons (Fsp3) is 0.786. The Bertz CT molecular complexity index is 338. The minimum Gasteiger partial charge on any atom is -0.380 e. The summed E-state index contributed by atoms with van der Waals surface area (Å²) in [4.78, 5) is 0. The molecule has 104 valence electrons. The van der Waals surface area contributed by atoms with E-state index in [0.29, 0.717) is 6.04 Å². The molecule has 0 saturated carbocycles. The smallest absolute Gasteiger partial charge is 0.0725 e.